The molecule has 4 rings (SSSR count). The molecule has 150 valence electrons. The topological polar surface area (TPSA) is 55.4 Å². The van der Waals surface area contributed by atoms with Gasteiger partial charge >= 0.3 is 5.97 Å². The first kappa shape index (κ1) is 19.0. The van der Waals surface area contributed by atoms with Crippen LogP contribution in [0.15, 0.2) is 11.8 Å². The van der Waals surface area contributed by atoms with E-state index in [9.17, 15) is 9.59 Å². The van der Waals surface area contributed by atoms with Crippen LogP contribution in [0.4, 0.5) is 0 Å². The molecule has 4 aliphatic carbocycles. The third-order valence-electron chi connectivity index (χ3n) is 8.84. The summed E-state index contributed by atoms with van der Waals surface area (Å²) in [4.78, 5) is 23.0. The standard InChI is InChI=1S/C23H35NO3/c1-14(25)24-21-8-7-19-18-6-5-16-13-17(27-15(2)26)9-11-22(16,3)20(18)10-12-23(19,21)4/h8,16-20H,5-7,9-13H2,1-4H3,(H,24,25)/t16-,17?,18?,19?,20?,22-,23-/m0/s1. The maximum absolute atomic E-state index is 11.7. The molecule has 3 saturated carbocycles. The summed E-state index contributed by atoms with van der Waals surface area (Å²) in [6, 6.07) is 0. The normalized spacial score (nSPS) is 45.8. The Morgan fingerprint density at radius 3 is 2.56 bits per heavy atom. The van der Waals surface area contributed by atoms with Crippen LogP contribution in [0.5, 0.6) is 0 Å². The highest BCUT2D eigenvalue weighted by Crippen LogP contribution is 2.66. The molecule has 0 aliphatic heterocycles. The molecule has 0 bridgehead atoms. The molecule has 1 N–H and O–H groups in total. The first-order chi connectivity index (χ1) is 12.7. The van der Waals surface area contributed by atoms with Crippen LogP contribution in [0.3, 0.4) is 0 Å². The van der Waals surface area contributed by atoms with E-state index >= 15 is 0 Å². The predicted molar refractivity (Wildman–Crippen MR) is 105 cm³/mol. The smallest absolute Gasteiger partial charge is 0.302 e. The number of carbonyl (C=O) groups is 2. The van der Waals surface area contributed by atoms with E-state index in [1.165, 1.54) is 44.7 Å². The second kappa shape index (κ2) is 6.63. The van der Waals surface area contributed by atoms with Crippen LogP contribution in [0, 0.1) is 34.5 Å². The molecule has 4 unspecified atom stereocenters. The summed E-state index contributed by atoms with van der Waals surface area (Å²) in [5, 5.41) is 3.14. The van der Waals surface area contributed by atoms with Gasteiger partial charge in [0.15, 0.2) is 0 Å². The fraction of sp³-hybridized carbons (Fsp3) is 0.826. The second-order valence-corrected chi connectivity index (χ2v) is 10.2. The van der Waals surface area contributed by atoms with Gasteiger partial charge in [0, 0.05) is 25.0 Å². The summed E-state index contributed by atoms with van der Waals surface area (Å²) < 4.78 is 5.57. The third kappa shape index (κ3) is 3.03. The quantitative estimate of drug-likeness (QED) is 0.720. The van der Waals surface area contributed by atoms with Crippen molar-refractivity contribution < 1.29 is 14.3 Å². The van der Waals surface area contributed by atoms with Gasteiger partial charge in [0.1, 0.15) is 6.10 Å². The van der Waals surface area contributed by atoms with E-state index in [4.69, 9.17) is 4.74 Å². The van der Waals surface area contributed by atoms with E-state index in [0.717, 1.165) is 31.1 Å². The van der Waals surface area contributed by atoms with E-state index in [1.54, 1.807) is 6.92 Å². The lowest BCUT2D eigenvalue weighted by Gasteiger charge is -2.60. The zero-order chi connectivity index (χ0) is 19.4. The van der Waals surface area contributed by atoms with Crippen molar-refractivity contribution in [2.45, 2.75) is 85.2 Å². The van der Waals surface area contributed by atoms with Gasteiger partial charge in [-0.15, -0.1) is 0 Å². The number of amides is 1. The van der Waals surface area contributed by atoms with Gasteiger partial charge in [0.05, 0.1) is 0 Å². The Morgan fingerprint density at radius 2 is 1.85 bits per heavy atom. The first-order valence-electron chi connectivity index (χ1n) is 10.9. The van der Waals surface area contributed by atoms with Crippen molar-refractivity contribution in [2.75, 3.05) is 0 Å². The summed E-state index contributed by atoms with van der Waals surface area (Å²) in [6.45, 7) is 8.07. The number of esters is 1. The maximum Gasteiger partial charge on any atom is 0.302 e. The van der Waals surface area contributed by atoms with Crippen molar-refractivity contribution in [1.82, 2.24) is 5.32 Å². The Kier molecular flexibility index (Phi) is 4.67. The molecule has 0 spiro atoms. The van der Waals surface area contributed by atoms with Crippen LogP contribution in [-0.4, -0.2) is 18.0 Å². The molecule has 4 aliphatic rings. The van der Waals surface area contributed by atoms with Crippen molar-refractivity contribution in [2.24, 2.45) is 34.5 Å². The molecule has 0 heterocycles. The Morgan fingerprint density at radius 1 is 1.07 bits per heavy atom. The SMILES string of the molecule is CC(=O)NC1=CCC2C3CC[C@H]4CC(OC(C)=O)CC[C@]4(C)C3CC[C@]12C. The molecule has 3 fully saturated rings. The number of fused-ring (bicyclic) bond motifs is 5. The average Bonchev–Trinajstić information content (AvgIpc) is 2.91. The minimum Gasteiger partial charge on any atom is -0.463 e. The van der Waals surface area contributed by atoms with E-state index in [0.29, 0.717) is 17.3 Å². The molecular formula is C23H35NO3. The zero-order valence-electron chi connectivity index (χ0n) is 17.3. The molecule has 0 radical (unpaired) electrons. The van der Waals surface area contributed by atoms with Gasteiger partial charge in [-0.05, 0) is 80.5 Å². The molecule has 0 aromatic rings. The van der Waals surface area contributed by atoms with Crippen LogP contribution in [0.2, 0.25) is 0 Å². The van der Waals surface area contributed by atoms with Crippen molar-refractivity contribution >= 4 is 11.9 Å². The van der Waals surface area contributed by atoms with Crippen LogP contribution in [-0.2, 0) is 14.3 Å². The molecule has 0 saturated heterocycles. The molecule has 0 aromatic heterocycles. The maximum atomic E-state index is 11.7. The highest BCUT2D eigenvalue weighted by atomic mass is 16.5. The van der Waals surface area contributed by atoms with Crippen LogP contribution < -0.4 is 5.32 Å². The molecule has 4 heteroatoms. The minimum absolute atomic E-state index is 0.0599. The van der Waals surface area contributed by atoms with Crippen LogP contribution >= 0.6 is 0 Å². The summed E-state index contributed by atoms with van der Waals surface area (Å²) in [6.07, 6.45) is 11.8. The van der Waals surface area contributed by atoms with Gasteiger partial charge in [-0.2, -0.15) is 0 Å². The fourth-order valence-corrected chi connectivity index (χ4v) is 7.51. The molecule has 7 atom stereocenters. The summed E-state index contributed by atoms with van der Waals surface area (Å²) in [7, 11) is 0. The fourth-order valence-electron chi connectivity index (χ4n) is 7.51. The minimum atomic E-state index is -0.131. The average molecular weight is 374 g/mol. The monoisotopic (exact) mass is 373 g/mol. The molecule has 1 amide bonds. The van der Waals surface area contributed by atoms with Crippen molar-refractivity contribution in [1.29, 1.82) is 0 Å². The highest BCUT2D eigenvalue weighted by molar-refractivity contribution is 5.75. The van der Waals surface area contributed by atoms with E-state index in [1.807, 2.05) is 0 Å². The van der Waals surface area contributed by atoms with E-state index in [2.05, 4.69) is 25.2 Å². The number of ether oxygens (including phenoxy) is 1. The van der Waals surface area contributed by atoms with Crippen molar-refractivity contribution in [3.05, 3.63) is 11.8 Å². The molecule has 0 aromatic carbocycles. The Labute approximate surface area is 163 Å². The second-order valence-electron chi connectivity index (χ2n) is 10.2. The summed E-state index contributed by atoms with van der Waals surface area (Å²) >= 11 is 0. The summed E-state index contributed by atoms with van der Waals surface area (Å²) in [5.41, 5.74) is 1.71. The van der Waals surface area contributed by atoms with Gasteiger partial charge in [0.2, 0.25) is 5.91 Å². The zero-order valence-corrected chi connectivity index (χ0v) is 17.3. The Bertz CT molecular complexity index is 671. The Hall–Kier alpha value is -1.32. The number of rotatable bonds is 2. The predicted octanol–water partition coefficient (Wildman–Crippen LogP) is 4.59. The van der Waals surface area contributed by atoms with Gasteiger partial charge in [0.25, 0.3) is 0 Å². The van der Waals surface area contributed by atoms with E-state index < -0.39 is 0 Å². The highest BCUT2D eigenvalue weighted by Gasteiger charge is 2.58. The van der Waals surface area contributed by atoms with Crippen LogP contribution in [0.25, 0.3) is 0 Å². The lowest BCUT2D eigenvalue weighted by molar-refractivity contribution is -0.158. The van der Waals surface area contributed by atoms with Crippen molar-refractivity contribution in [3.63, 3.8) is 0 Å². The number of hydrogen-bond donors (Lipinski definition) is 1. The van der Waals surface area contributed by atoms with E-state index in [-0.39, 0.29) is 23.4 Å². The lowest BCUT2D eigenvalue weighted by Crippen LogP contribution is -2.54. The number of nitrogens with one attached hydrogen (secondary N) is 1. The number of carbonyl (C=O) groups excluding carboxylic acids is 2. The van der Waals surface area contributed by atoms with Gasteiger partial charge in [-0.1, -0.05) is 19.9 Å². The number of hydrogen-bond acceptors (Lipinski definition) is 3. The third-order valence-corrected chi connectivity index (χ3v) is 8.84. The Balaban J connectivity index is 1.51. The molecule has 27 heavy (non-hydrogen) atoms. The van der Waals surface area contributed by atoms with Gasteiger partial charge < -0.3 is 10.1 Å². The number of allylic oxidation sites excluding steroid dienone is 2. The lowest BCUT2D eigenvalue weighted by atomic mass is 9.45. The molecule has 4 nitrogen and oxygen atoms in total. The van der Waals surface area contributed by atoms with Crippen molar-refractivity contribution in [3.8, 4) is 0 Å². The van der Waals surface area contributed by atoms with Crippen LogP contribution in [0.1, 0.15) is 79.1 Å². The van der Waals surface area contributed by atoms with Gasteiger partial charge in [-0.25, -0.2) is 0 Å². The van der Waals surface area contributed by atoms with Gasteiger partial charge in [-0.3, -0.25) is 9.59 Å². The summed E-state index contributed by atoms with van der Waals surface area (Å²) in [5.74, 6) is 2.82. The molecular weight excluding hydrogens is 338 g/mol. The first-order valence-corrected chi connectivity index (χ1v) is 10.9. The largest absolute Gasteiger partial charge is 0.463 e.